The molecule has 3 nitrogen and oxygen atoms in total. The van der Waals surface area contributed by atoms with Crippen molar-refractivity contribution in [1.29, 1.82) is 0 Å². The summed E-state index contributed by atoms with van der Waals surface area (Å²) in [6.07, 6.45) is 0.688. The van der Waals surface area contributed by atoms with Crippen molar-refractivity contribution in [3.63, 3.8) is 0 Å². The molecule has 0 amide bonds. The van der Waals surface area contributed by atoms with E-state index in [2.05, 4.69) is 52.9 Å². The Morgan fingerprint density at radius 2 is 2.17 bits per heavy atom. The van der Waals surface area contributed by atoms with E-state index in [0.717, 1.165) is 10.2 Å². The molecular formula is C14H18BrNO2. The molecule has 2 rings (SSSR count). The van der Waals surface area contributed by atoms with Crippen LogP contribution in [0, 0.1) is 12.8 Å². The zero-order chi connectivity index (χ0) is 13.5. The number of halogens is 1. The second-order valence-electron chi connectivity index (χ2n) is 5.60. The minimum atomic E-state index is -0.697. The van der Waals surface area contributed by atoms with E-state index >= 15 is 0 Å². The summed E-state index contributed by atoms with van der Waals surface area (Å²) in [5.41, 5.74) is 2.16. The molecule has 0 radical (unpaired) electrons. The van der Waals surface area contributed by atoms with E-state index in [1.54, 1.807) is 0 Å². The maximum atomic E-state index is 11.2. The molecule has 1 heterocycles. The molecule has 1 atom stereocenters. The van der Waals surface area contributed by atoms with E-state index in [1.165, 1.54) is 5.56 Å². The molecule has 0 aromatic heterocycles. The van der Waals surface area contributed by atoms with Crippen molar-refractivity contribution >= 4 is 27.6 Å². The summed E-state index contributed by atoms with van der Waals surface area (Å²) >= 11 is 3.53. The molecule has 0 bridgehead atoms. The third kappa shape index (κ3) is 2.39. The van der Waals surface area contributed by atoms with Crippen LogP contribution in [0.5, 0.6) is 0 Å². The number of nitrogens with zero attached hydrogens (tertiary/aromatic N) is 1. The molecule has 1 saturated heterocycles. The SMILES string of the molecule is Cc1ccc(N2CC(C(=O)O)CC2(C)C)cc1Br. The molecule has 0 spiro atoms. The Labute approximate surface area is 116 Å². The maximum absolute atomic E-state index is 11.2. The predicted octanol–water partition coefficient (Wildman–Crippen LogP) is 3.45. The molecule has 1 N–H and O–H groups in total. The van der Waals surface area contributed by atoms with Crippen LogP contribution in [0.3, 0.4) is 0 Å². The molecule has 0 aliphatic carbocycles. The highest BCUT2D eigenvalue weighted by atomic mass is 79.9. The number of benzene rings is 1. The summed E-state index contributed by atoms with van der Waals surface area (Å²) in [5.74, 6) is -0.975. The number of carboxylic acid groups (broad SMARTS) is 1. The van der Waals surface area contributed by atoms with Gasteiger partial charge < -0.3 is 10.0 Å². The fourth-order valence-corrected chi connectivity index (χ4v) is 2.98. The Morgan fingerprint density at radius 1 is 1.50 bits per heavy atom. The van der Waals surface area contributed by atoms with E-state index < -0.39 is 5.97 Å². The lowest BCUT2D eigenvalue weighted by atomic mass is 9.96. The first-order valence-corrected chi connectivity index (χ1v) is 6.87. The highest BCUT2D eigenvalue weighted by Crippen LogP contribution is 2.38. The van der Waals surface area contributed by atoms with Gasteiger partial charge in [0.25, 0.3) is 0 Å². The molecule has 18 heavy (non-hydrogen) atoms. The summed E-state index contributed by atoms with van der Waals surface area (Å²) < 4.78 is 1.06. The number of hydrogen-bond acceptors (Lipinski definition) is 2. The third-order valence-electron chi connectivity index (χ3n) is 3.70. The van der Waals surface area contributed by atoms with Crippen molar-refractivity contribution in [3.8, 4) is 0 Å². The van der Waals surface area contributed by atoms with Gasteiger partial charge in [-0.05, 0) is 44.9 Å². The van der Waals surface area contributed by atoms with Gasteiger partial charge in [0.15, 0.2) is 0 Å². The maximum Gasteiger partial charge on any atom is 0.308 e. The topological polar surface area (TPSA) is 40.5 Å². The molecule has 1 aliphatic heterocycles. The zero-order valence-electron chi connectivity index (χ0n) is 10.9. The van der Waals surface area contributed by atoms with E-state index in [4.69, 9.17) is 0 Å². The van der Waals surface area contributed by atoms with Crippen LogP contribution >= 0.6 is 15.9 Å². The van der Waals surface area contributed by atoms with Gasteiger partial charge in [-0.15, -0.1) is 0 Å². The van der Waals surface area contributed by atoms with Crippen LogP contribution in [-0.2, 0) is 4.79 Å². The lowest BCUT2D eigenvalue weighted by molar-refractivity contribution is -0.141. The largest absolute Gasteiger partial charge is 0.481 e. The fraction of sp³-hybridized carbons (Fsp3) is 0.500. The van der Waals surface area contributed by atoms with Crippen LogP contribution < -0.4 is 4.90 Å². The van der Waals surface area contributed by atoms with Gasteiger partial charge in [-0.3, -0.25) is 4.79 Å². The Balaban J connectivity index is 2.32. The summed E-state index contributed by atoms with van der Waals surface area (Å²) in [4.78, 5) is 13.3. The fourth-order valence-electron chi connectivity index (χ4n) is 2.62. The third-order valence-corrected chi connectivity index (χ3v) is 4.55. The van der Waals surface area contributed by atoms with E-state index in [9.17, 15) is 9.90 Å². The molecule has 0 saturated carbocycles. The van der Waals surface area contributed by atoms with Crippen LogP contribution in [0.15, 0.2) is 22.7 Å². The standard InChI is InChI=1S/C14H18BrNO2/c1-9-4-5-11(6-12(9)15)16-8-10(13(17)18)7-14(16,2)3/h4-6,10H,7-8H2,1-3H3,(H,17,18). The number of anilines is 1. The summed E-state index contributed by atoms with van der Waals surface area (Å²) in [6.45, 7) is 6.83. The first-order valence-electron chi connectivity index (χ1n) is 6.08. The molecule has 98 valence electrons. The zero-order valence-corrected chi connectivity index (χ0v) is 12.5. The first-order chi connectivity index (χ1) is 8.31. The number of aryl methyl sites for hydroxylation is 1. The molecular weight excluding hydrogens is 294 g/mol. The van der Waals surface area contributed by atoms with Crippen LogP contribution in [-0.4, -0.2) is 23.2 Å². The Bertz CT molecular complexity index is 485. The van der Waals surface area contributed by atoms with Crippen LogP contribution in [0.4, 0.5) is 5.69 Å². The monoisotopic (exact) mass is 311 g/mol. The summed E-state index contributed by atoms with van der Waals surface area (Å²) in [5, 5.41) is 9.17. The van der Waals surface area contributed by atoms with Gasteiger partial charge >= 0.3 is 5.97 Å². The Morgan fingerprint density at radius 3 is 2.67 bits per heavy atom. The van der Waals surface area contributed by atoms with Crippen molar-refractivity contribution in [2.45, 2.75) is 32.7 Å². The second kappa shape index (κ2) is 4.57. The van der Waals surface area contributed by atoms with Crippen molar-refractivity contribution in [2.75, 3.05) is 11.4 Å². The average molecular weight is 312 g/mol. The van der Waals surface area contributed by atoms with E-state index in [0.29, 0.717) is 13.0 Å². The highest BCUT2D eigenvalue weighted by Gasteiger charge is 2.41. The van der Waals surface area contributed by atoms with Gasteiger partial charge in [-0.1, -0.05) is 22.0 Å². The minimum Gasteiger partial charge on any atom is -0.481 e. The van der Waals surface area contributed by atoms with E-state index in [-0.39, 0.29) is 11.5 Å². The highest BCUT2D eigenvalue weighted by molar-refractivity contribution is 9.10. The smallest absolute Gasteiger partial charge is 0.308 e. The molecule has 1 unspecified atom stereocenters. The quantitative estimate of drug-likeness (QED) is 0.909. The predicted molar refractivity (Wildman–Crippen MR) is 76.0 cm³/mol. The van der Waals surface area contributed by atoms with Crippen molar-refractivity contribution < 1.29 is 9.90 Å². The number of carboxylic acids is 1. The molecule has 1 aromatic carbocycles. The lowest BCUT2D eigenvalue weighted by Crippen LogP contribution is -2.38. The van der Waals surface area contributed by atoms with Crippen molar-refractivity contribution in [2.24, 2.45) is 5.92 Å². The Kier molecular flexibility index (Phi) is 3.41. The summed E-state index contributed by atoms with van der Waals surface area (Å²) in [7, 11) is 0. The number of hydrogen-bond donors (Lipinski definition) is 1. The molecule has 1 aliphatic rings. The van der Waals surface area contributed by atoms with E-state index in [1.807, 2.05) is 6.92 Å². The van der Waals surface area contributed by atoms with Crippen LogP contribution in [0.1, 0.15) is 25.8 Å². The number of rotatable bonds is 2. The van der Waals surface area contributed by atoms with Gasteiger partial charge in [-0.2, -0.15) is 0 Å². The average Bonchev–Trinajstić information content (AvgIpc) is 2.59. The summed E-state index contributed by atoms with van der Waals surface area (Å²) in [6, 6.07) is 6.19. The minimum absolute atomic E-state index is 0.113. The van der Waals surface area contributed by atoms with Gasteiger partial charge in [0, 0.05) is 22.2 Å². The number of carbonyl (C=O) groups is 1. The van der Waals surface area contributed by atoms with Gasteiger partial charge in [0.2, 0.25) is 0 Å². The molecule has 1 aromatic rings. The van der Waals surface area contributed by atoms with Crippen LogP contribution in [0.25, 0.3) is 0 Å². The van der Waals surface area contributed by atoms with Gasteiger partial charge in [-0.25, -0.2) is 0 Å². The van der Waals surface area contributed by atoms with Crippen molar-refractivity contribution in [3.05, 3.63) is 28.2 Å². The number of aliphatic carboxylic acids is 1. The lowest BCUT2D eigenvalue weighted by Gasteiger charge is -2.33. The van der Waals surface area contributed by atoms with Crippen molar-refractivity contribution in [1.82, 2.24) is 0 Å². The normalized spacial score (nSPS) is 22.2. The van der Waals surface area contributed by atoms with Crippen LogP contribution in [0.2, 0.25) is 0 Å². The first kappa shape index (κ1) is 13.4. The van der Waals surface area contributed by atoms with Gasteiger partial charge in [0.1, 0.15) is 0 Å². The molecule has 4 heteroatoms. The van der Waals surface area contributed by atoms with Gasteiger partial charge in [0.05, 0.1) is 5.92 Å². The second-order valence-corrected chi connectivity index (χ2v) is 6.45. The molecule has 1 fully saturated rings. The Hall–Kier alpha value is -1.03.